The molecular formula is C12H12ClFN4O2S. The molecule has 2 aromatic rings. The second-order valence-corrected chi connectivity index (χ2v) is 6.25. The van der Waals surface area contributed by atoms with E-state index in [4.69, 9.17) is 17.4 Å². The maximum absolute atomic E-state index is 13.4. The topological polar surface area (TPSA) is 97.1 Å². The molecule has 1 aromatic heterocycles. The Bertz CT molecular complexity index is 783. The van der Waals surface area contributed by atoms with Gasteiger partial charge in [0.05, 0.1) is 10.7 Å². The number of hydrogen-bond donors (Lipinski definition) is 3. The van der Waals surface area contributed by atoms with Gasteiger partial charge < -0.3 is 5.43 Å². The van der Waals surface area contributed by atoms with E-state index in [-0.39, 0.29) is 27.0 Å². The normalized spacial score (nSPS) is 11.2. The zero-order valence-electron chi connectivity index (χ0n) is 10.9. The Morgan fingerprint density at radius 3 is 2.71 bits per heavy atom. The minimum Gasteiger partial charge on any atom is -0.307 e. The second kappa shape index (κ2) is 5.84. The van der Waals surface area contributed by atoms with Crippen LogP contribution < -0.4 is 16.0 Å². The minimum atomic E-state index is -3.93. The minimum absolute atomic E-state index is 0.0522. The number of hydrogen-bond acceptors (Lipinski definition) is 5. The van der Waals surface area contributed by atoms with Crippen LogP contribution in [0.1, 0.15) is 5.56 Å². The lowest BCUT2D eigenvalue weighted by molar-refractivity contribution is 0.600. The summed E-state index contributed by atoms with van der Waals surface area (Å²) in [6.45, 7) is 1.47. The zero-order chi connectivity index (χ0) is 15.6. The van der Waals surface area contributed by atoms with Crippen molar-refractivity contribution in [2.24, 2.45) is 5.84 Å². The third-order valence-electron chi connectivity index (χ3n) is 2.78. The average Bonchev–Trinajstić information content (AvgIpc) is 2.43. The van der Waals surface area contributed by atoms with E-state index < -0.39 is 15.8 Å². The lowest BCUT2D eigenvalue weighted by Crippen LogP contribution is -2.15. The predicted octanol–water partition coefficient (Wildman–Crippen LogP) is 2.27. The fourth-order valence-corrected chi connectivity index (χ4v) is 2.97. The molecule has 112 valence electrons. The number of sulfonamides is 1. The summed E-state index contributed by atoms with van der Waals surface area (Å²) in [5.41, 5.74) is 2.57. The number of pyridine rings is 1. The number of benzene rings is 1. The van der Waals surface area contributed by atoms with Gasteiger partial charge in [-0.2, -0.15) is 0 Å². The van der Waals surface area contributed by atoms with Crippen molar-refractivity contribution in [3.63, 3.8) is 0 Å². The Hall–Kier alpha value is -1.90. The zero-order valence-corrected chi connectivity index (χ0v) is 12.5. The quantitative estimate of drug-likeness (QED) is 0.590. The van der Waals surface area contributed by atoms with Crippen molar-refractivity contribution >= 4 is 33.1 Å². The first-order chi connectivity index (χ1) is 9.85. The number of hydrazine groups is 1. The van der Waals surface area contributed by atoms with Gasteiger partial charge in [-0.3, -0.25) is 4.72 Å². The molecular weight excluding hydrogens is 319 g/mol. The van der Waals surface area contributed by atoms with Crippen LogP contribution in [0.25, 0.3) is 0 Å². The molecule has 9 heteroatoms. The van der Waals surface area contributed by atoms with Crippen LogP contribution in [0.4, 0.5) is 15.9 Å². The number of nitrogens with one attached hydrogen (secondary N) is 2. The summed E-state index contributed by atoms with van der Waals surface area (Å²) in [5, 5.41) is 0.0522. The molecule has 0 amide bonds. The molecule has 0 aliphatic carbocycles. The maximum atomic E-state index is 13.4. The molecule has 0 aliphatic heterocycles. The molecule has 0 bridgehead atoms. The summed E-state index contributed by atoms with van der Waals surface area (Å²) < 4.78 is 40.2. The third kappa shape index (κ3) is 3.23. The molecule has 0 saturated carbocycles. The second-order valence-electron chi connectivity index (χ2n) is 4.16. The summed E-state index contributed by atoms with van der Waals surface area (Å²) in [4.78, 5) is 3.63. The molecule has 0 spiro atoms. The molecule has 0 fully saturated rings. The largest absolute Gasteiger partial charge is 0.307 e. The molecule has 0 aliphatic rings. The van der Waals surface area contributed by atoms with Crippen molar-refractivity contribution in [1.82, 2.24) is 4.98 Å². The van der Waals surface area contributed by atoms with Crippen molar-refractivity contribution in [2.75, 3.05) is 10.1 Å². The van der Waals surface area contributed by atoms with Crippen LogP contribution in [-0.2, 0) is 10.0 Å². The van der Waals surface area contributed by atoms with Gasteiger partial charge in [0.2, 0.25) is 0 Å². The summed E-state index contributed by atoms with van der Waals surface area (Å²) >= 11 is 5.84. The van der Waals surface area contributed by atoms with E-state index in [2.05, 4.69) is 15.1 Å². The van der Waals surface area contributed by atoms with Gasteiger partial charge in [0.25, 0.3) is 10.0 Å². The number of halogens is 2. The highest BCUT2D eigenvalue weighted by Gasteiger charge is 2.18. The summed E-state index contributed by atoms with van der Waals surface area (Å²) in [6, 6.07) is 5.31. The van der Waals surface area contributed by atoms with Crippen molar-refractivity contribution in [3.05, 3.63) is 46.9 Å². The lowest BCUT2D eigenvalue weighted by Gasteiger charge is -2.11. The molecule has 1 heterocycles. The van der Waals surface area contributed by atoms with E-state index >= 15 is 0 Å². The summed E-state index contributed by atoms with van der Waals surface area (Å²) in [6.07, 6.45) is 1.10. The number of rotatable bonds is 4. The van der Waals surface area contributed by atoms with E-state index in [0.717, 1.165) is 6.20 Å². The van der Waals surface area contributed by atoms with Crippen molar-refractivity contribution in [3.8, 4) is 0 Å². The van der Waals surface area contributed by atoms with Crippen LogP contribution in [0.2, 0.25) is 5.02 Å². The van der Waals surface area contributed by atoms with Crippen LogP contribution >= 0.6 is 11.6 Å². The number of nitrogens with zero attached hydrogens (tertiary/aromatic N) is 1. The first-order valence-corrected chi connectivity index (χ1v) is 7.61. The molecule has 4 N–H and O–H groups in total. The Morgan fingerprint density at radius 2 is 2.10 bits per heavy atom. The van der Waals surface area contributed by atoms with Gasteiger partial charge in [-0.1, -0.05) is 17.7 Å². The molecule has 1 aromatic carbocycles. The van der Waals surface area contributed by atoms with Crippen molar-refractivity contribution in [2.45, 2.75) is 11.8 Å². The molecule has 0 saturated heterocycles. The third-order valence-corrected chi connectivity index (χ3v) is 4.40. The Kier molecular flexibility index (Phi) is 4.31. The molecule has 0 unspecified atom stereocenters. The number of anilines is 2. The monoisotopic (exact) mass is 330 g/mol. The van der Waals surface area contributed by atoms with E-state index in [0.29, 0.717) is 0 Å². The maximum Gasteiger partial charge on any atom is 0.263 e. The highest BCUT2D eigenvalue weighted by atomic mass is 35.5. The molecule has 21 heavy (non-hydrogen) atoms. The molecule has 0 radical (unpaired) electrons. The van der Waals surface area contributed by atoms with Crippen molar-refractivity contribution < 1.29 is 12.8 Å². The number of nitrogens with two attached hydrogens (primary N) is 1. The van der Waals surface area contributed by atoms with Crippen LogP contribution in [0.3, 0.4) is 0 Å². The first-order valence-electron chi connectivity index (χ1n) is 5.75. The number of nitrogen functional groups attached to an aromatic ring is 1. The SMILES string of the molecule is Cc1c(F)cccc1NS(=O)(=O)c1cnc(NN)c(Cl)c1. The predicted molar refractivity (Wildman–Crippen MR) is 79.0 cm³/mol. The fraction of sp³-hybridized carbons (Fsp3) is 0.0833. The standard InChI is InChI=1S/C12H12ClFN4O2S/c1-7-10(14)3-2-4-11(7)18-21(19,20)8-5-9(13)12(17-15)16-6-8/h2-6,18H,15H2,1H3,(H,16,17). The summed E-state index contributed by atoms with van der Waals surface area (Å²) in [5.74, 6) is 4.81. The smallest absolute Gasteiger partial charge is 0.263 e. The van der Waals surface area contributed by atoms with Gasteiger partial charge in [0.15, 0.2) is 5.82 Å². The van der Waals surface area contributed by atoms with Crippen LogP contribution in [-0.4, -0.2) is 13.4 Å². The Balaban J connectivity index is 2.39. The van der Waals surface area contributed by atoms with E-state index in [1.165, 1.54) is 31.2 Å². The van der Waals surface area contributed by atoms with Gasteiger partial charge in [-0.15, -0.1) is 0 Å². The van der Waals surface area contributed by atoms with Gasteiger partial charge in [-0.05, 0) is 25.1 Å². The van der Waals surface area contributed by atoms with Gasteiger partial charge >= 0.3 is 0 Å². The van der Waals surface area contributed by atoms with Crippen LogP contribution in [0.15, 0.2) is 35.4 Å². The first kappa shape index (κ1) is 15.5. The van der Waals surface area contributed by atoms with Crippen LogP contribution in [0.5, 0.6) is 0 Å². The van der Waals surface area contributed by atoms with Gasteiger partial charge in [0, 0.05) is 11.8 Å². The van der Waals surface area contributed by atoms with E-state index in [1.807, 2.05) is 0 Å². The Morgan fingerprint density at radius 1 is 1.38 bits per heavy atom. The van der Waals surface area contributed by atoms with Crippen LogP contribution in [0, 0.1) is 12.7 Å². The van der Waals surface area contributed by atoms with Crippen molar-refractivity contribution in [1.29, 1.82) is 0 Å². The average molecular weight is 331 g/mol. The van der Waals surface area contributed by atoms with Gasteiger partial charge in [-0.25, -0.2) is 23.6 Å². The molecule has 0 atom stereocenters. The summed E-state index contributed by atoms with van der Waals surface area (Å²) in [7, 11) is -3.93. The fourth-order valence-electron chi connectivity index (χ4n) is 1.60. The highest BCUT2D eigenvalue weighted by molar-refractivity contribution is 7.92. The van der Waals surface area contributed by atoms with E-state index in [9.17, 15) is 12.8 Å². The van der Waals surface area contributed by atoms with E-state index in [1.54, 1.807) is 0 Å². The van der Waals surface area contributed by atoms with Gasteiger partial charge in [0.1, 0.15) is 10.7 Å². The molecule has 6 nitrogen and oxygen atoms in total. The highest BCUT2D eigenvalue weighted by Crippen LogP contribution is 2.25. The lowest BCUT2D eigenvalue weighted by atomic mass is 10.2. The molecule has 2 rings (SSSR count). The number of aromatic nitrogens is 1. The Labute approximate surface area is 126 Å².